The van der Waals surface area contributed by atoms with Crippen LogP contribution in [0.4, 0.5) is 5.69 Å². The fourth-order valence-corrected chi connectivity index (χ4v) is 4.75. The lowest BCUT2D eigenvalue weighted by atomic mass is 9.83. The summed E-state index contributed by atoms with van der Waals surface area (Å²) in [6.07, 6.45) is 1.14. The maximum absolute atomic E-state index is 14.1. The van der Waals surface area contributed by atoms with Gasteiger partial charge in [0, 0.05) is 51.3 Å². The van der Waals surface area contributed by atoms with Crippen molar-refractivity contribution in [1.82, 2.24) is 15.3 Å². The zero-order valence-corrected chi connectivity index (χ0v) is 18.4. The van der Waals surface area contributed by atoms with Crippen molar-refractivity contribution in [3.05, 3.63) is 54.1 Å². The van der Waals surface area contributed by atoms with Gasteiger partial charge in [0.15, 0.2) is 5.78 Å². The van der Waals surface area contributed by atoms with E-state index in [0.29, 0.717) is 54.8 Å². The zero-order valence-electron chi connectivity index (χ0n) is 18.4. The van der Waals surface area contributed by atoms with Gasteiger partial charge in [-0.1, -0.05) is 12.1 Å². The maximum Gasteiger partial charge on any atom is 0.196 e. The molecule has 1 spiro atoms. The first-order valence-corrected chi connectivity index (χ1v) is 10.6. The van der Waals surface area contributed by atoms with Gasteiger partial charge in [-0.2, -0.15) is 0 Å². The molecule has 2 aromatic carbocycles. The molecule has 8 nitrogen and oxygen atoms in total. The van der Waals surface area contributed by atoms with Crippen LogP contribution in [0.5, 0.6) is 11.5 Å². The molecule has 2 aliphatic rings. The van der Waals surface area contributed by atoms with E-state index in [1.807, 2.05) is 49.5 Å². The SMILES string of the molecule is CNC1=C(c2nc3ccccc3[nH]2)C(=O)C2(CCOCC2)N1c1cc(OC)cc(OC)c1. The fraction of sp³-hybridized carbons (Fsp3) is 0.333. The molecule has 2 N–H and O–H groups in total. The molecule has 0 bridgehead atoms. The number of hydrogen-bond acceptors (Lipinski definition) is 7. The summed E-state index contributed by atoms with van der Waals surface area (Å²) in [7, 11) is 5.06. The number of Topliss-reactive ketones (excluding diaryl/α,β-unsaturated/α-hetero) is 1. The molecule has 0 saturated carbocycles. The number of para-hydroxylation sites is 2. The predicted molar refractivity (Wildman–Crippen MR) is 122 cm³/mol. The number of fused-ring (bicyclic) bond motifs is 1. The average Bonchev–Trinajstić information content (AvgIpc) is 3.36. The average molecular weight is 434 g/mol. The largest absolute Gasteiger partial charge is 0.497 e. The van der Waals surface area contributed by atoms with Crippen molar-refractivity contribution in [2.75, 3.05) is 39.4 Å². The third kappa shape index (κ3) is 3.02. The number of imidazole rings is 1. The first-order valence-electron chi connectivity index (χ1n) is 10.6. The number of carbonyl (C=O) groups is 1. The summed E-state index contributed by atoms with van der Waals surface area (Å²) >= 11 is 0. The first kappa shape index (κ1) is 20.4. The number of carbonyl (C=O) groups excluding carboxylic acids is 1. The highest BCUT2D eigenvalue weighted by Crippen LogP contribution is 2.47. The Kier molecular flexibility index (Phi) is 5.01. The number of aromatic nitrogens is 2. The number of nitrogens with zero attached hydrogens (tertiary/aromatic N) is 2. The standard InChI is InChI=1S/C24H26N4O4/c1-25-23-20(22-26-18-6-4-5-7-19(18)27-22)21(29)24(8-10-32-11-9-24)28(23)15-12-16(30-2)14-17(13-15)31-3/h4-7,12-14,25H,8-11H2,1-3H3,(H,26,27). The quantitative estimate of drug-likeness (QED) is 0.638. The summed E-state index contributed by atoms with van der Waals surface area (Å²) in [5, 5.41) is 3.28. The Morgan fingerprint density at radius 3 is 2.41 bits per heavy atom. The molecule has 0 unspecified atom stereocenters. The van der Waals surface area contributed by atoms with Crippen molar-refractivity contribution >= 4 is 28.1 Å². The Hall–Kier alpha value is -3.52. The van der Waals surface area contributed by atoms with Crippen LogP contribution < -0.4 is 19.7 Å². The summed E-state index contributed by atoms with van der Waals surface area (Å²) in [5.74, 6) is 2.60. The molecule has 166 valence electrons. The van der Waals surface area contributed by atoms with Gasteiger partial charge in [0.05, 0.1) is 30.9 Å². The minimum Gasteiger partial charge on any atom is -0.497 e. The highest BCUT2D eigenvalue weighted by molar-refractivity contribution is 6.30. The van der Waals surface area contributed by atoms with Gasteiger partial charge in [-0.15, -0.1) is 0 Å². The second kappa shape index (κ2) is 7.87. The summed E-state index contributed by atoms with van der Waals surface area (Å²) in [5.41, 5.74) is 2.29. The number of nitrogens with one attached hydrogen (secondary N) is 2. The monoisotopic (exact) mass is 434 g/mol. The van der Waals surface area contributed by atoms with Crippen molar-refractivity contribution < 1.29 is 19.0 Å². The Morgan fingerprint density at radius 1 is 1.09 bits per heavy atom. The second-order valence-electron chi connectivity index (χ2n) is 7.96. The molecule has 0 aliphatic carbocycles. The first-order chi connectivity index (χ1) is 15.6. The van der Waals surface area contributed by atoms with Gasteiger partial charge in [-0.05, 0) is 12.1 Å². The van der Waals surface area contributed by atoms with Crippen LogP contribution in [0.15, 0.2) is 48.3 Å². The number of aromatic amines is 1. The number of H-pyrrole nitrogens is 1. The minimum atomic E-state index is -0.776. The lowest BCUT2D eigenvalue weighted by Gasteiger charge is -2.42. The van der Waals surface area contributed by atoms with E-state index in [9.17, 15) is 4.79 Å². The molecule has 1 fully saturated rings. The number of anilines is 1. The zero-order chi connectivity index (χ0) is 22.3. The van der Waals surface area contributed by atoms with E-state index < -0.39 is 5.54 Å². The molecular formula is C24H26N4O4. The molecule has 0 atom stereocenters. The summed E-state index contributed by atoms with van der Waals surface area (Å²) in [6.45, 7) is 1.02. The fourth-order valence-electron chi connectivity index (χ4n) is 4.75. The molecule has 0 amide bonds. The number of ketones is 1. The van der Waals surface area contributed by atoms with Crippen LogP contribution >= 0.6 is 0 Å². The Bertz CT molecular complexity index is 1150. The third-order valence-corrected chi connectivity index (χ3v) is 6.32. The van der Waals surface area contributed by atoms with Crippen LogP contribution in [-0.2, 0) is 9.53 Å². The number of methoxy groups -OCH3 is 2. The van der Waals surface area contributed by atoms with E-state index in [2.05, 4.69) is 15.2 Å². The number of ether oxygens (including phenoxy) is 3. The van der Waals surface area contributed by atoms with Crippen molar-refractivity contribution in [3.8, 4) is 11.5 Å². The Balaban J connectivity index is 1.74. The maximum atomic E-state index is 14.1. The molecule has 5 rings (SSSR count). The highest BCUT2D eigenvalue weighted by atomic mass is 16.5. The second-order valence-corrected chi connectivity index (χ2v) is 7.96. The van der Waals surface area contributed by atoms with E-state index in [1.54, 1.807) is 14.2 Å². The lowest BCUT2D eigenvalue weighted by molar-refractivity contribution is -0.120. The van der Waals surface area contributed by atoms with E-state index in [1.165, 1.54) is 0 Å². The molecule has 32 heavy (non-hydrogen) atoms. The van der Waals surface area contributed by atoms with E-state index >= 15 is 0 Å². The van der Waals surface area contributed by atoms with Crippen LogP contribution in [-0.4, -0.2) is 55.8 Å². The molecule has 1 aromatic heterocycles. The predicted octanol–water partition coefficient (Wildman–Crippen LogP) is 3.11. The van der Waals surface area contributed by atoms with Crippen LogP contribution in [0.2, 0.25) is 0 Å². The molecule has 8 heteroatoms. The van der Waals surface area contributed by atoms with E-state index in [-0.39, 0.29) is 5.78 Å². The summed E-state index contributed by atoms with van der Waals surface area (Å²) < 4.78 is 16.7. The van der Waals surface area contributed by atoms with Crippen LogP contribution in [0, 0.1) is 0 Å². The molecule has 3 aromatic rings. The highest BCUT2D eigenvalue weighted by Gasteiger charge is 2.55. The van der Waals surface area contributed by atoms with Gasteiger partial charge in [-0.3, -0.25) is 4.79 Å². The number of hydrogen-bond donors (Lipinski definition) is 2. The molecule has 1 saturated heterocycles. The van der Waals surface area contributed by atoms with E-state index in [0.717, 1.165) is 16.7 Å². The van der Waals surface area contributed by atoms with Crippen molar-refractivity contribution in [3.63, 3.8) is 0 Å². The summed E-state index contributed by atoms with van der Waals surface area (Å²) in [4.78, 5) is 24.2. The Morgan fingerprint density at radius 2 is 1.78 bits per heavy atom. The normalized spacial score (nSPS) is 18.0. The van der Waals surface area contributed by atoms with E-state index in [4.69, 9.17) is 19.2 Å². The molecule has 2 aliphatic heterocycles. The van der Waals surface area contributed by atoms with Crippen LogP contribution in [0.1, 0.15) is 18.7 Å². The smallest absolute Gasteiger partial charge is 0.196 e. The molecule has 3 heterocycles. The van der Waals surface area contributed by atoms with Gasteiger partial charge in [0.25, 0.3) is 0 Å². The van der Waals surface area contributed by atoms with Crippen molar-refractivity contribution in [2.24, 2.45) is 0 Å². The van der Waals surface area contributed by atoms with Gasteiger partial charge in [0.1, 0.15) is 34.3 Å². The van der Waals surface area contributed by atoms with Gasteiger partial charge < -0.3 is 29.4 Å². The van der Waals surface area contributed by atoms with Crippen molar-refractivity contribution in [2.45, 2.75) is 18.4 Å². The lowest BCUT2D eigenvalue weighted by Crippen LogP contribution is -2.54. The minimum absolute atomic E-state index is 0.0333. The van der Waals surface area contributed by atoms with Gasteiger partial charge in [0.2, 0.25) is 0 Å². The molecular weight excluding hydrogens is 408 g/mol. The van der Waals surface area contributed by atoms with Crippen molar-refractivity contribution in [1.29, 1.82) is 0 Å². The Labute approximate surface area is 186 Å². The van der Waals surface area contributed by atoms with Crippen LogP contribution in [0.3, 0.4) is 0 Å². The topological polar surface area (TPSA) is 88.7 Å². The third-order valence-electron chi connectivity index (χ3n) is 6.32. The number of benzene rings is 2. The molecule has 0 radical (unpaired) electrons. The van der Waals surface area contributed by atoms with Gasteiger partial charge in [-0.25, -0.2) is 4.98 Å². The van der Waals surface area contributed by atoms with Crippen LogP contribution in [0.25, 0.3) is 16.6 Å². The van der Waals surface area contributed by atoms with Gasteiger partial charge >= 0.3 is 0 Å². The summed E-state index contributed by atoms with van der Waals surface area (Å²) in [6, 6.07) is 13.4. The number of rotatable bonds is 5.